The molecular formula is C22H28N2O5S. The summed E-state index contributed by atoms with van der Waals surface area (Å²) in [5.41, 5.74) is 1.09. The first-order chi connectivity index (χ1) is 14.2. The average molecular weight is 433 g/mol. The summed E-state index contributed by atoms with van der Waals surface area (Å²) in [5, 5.41) is 3.07. The zero-order chi connectivity index (χ0) is 22.4. The second-order valence-corrected chi connectivity index (χ2v) is 7.90. The molecule has 0 saturated carbocycles. The Morgan fingerprint density at radius 1 is 1.17 bits per heavy atom. The van der Waals surface area contributed by atoms with Crippen molar-refractivity contribution in [3.8, 4) is 5.75 Å². The van der Waals surface area contributed by atoms with Gasteiger partial charge in [0.25, 0.3) is 11.8 Å². The minimum Gasteiger partial charge on any atom is -0.497 e. The number of ether oxygens (including phenoxy) is 2. The molecule has 2 aromatic rings. The Bertz CT molecular complexity index is 932. The Hall–Kier alpha value is -2.87. The van der Waals surface area contributed by atoms with E-state index < -0.39 is 11.9 Å². The molecule has 0 aliphatic carbocycles. The van der Waals surface area contributed by atoms with Gasteiger partial charge in [0, 0.05) is 18.7 Å². The summed E-state index contributed by atoms with van der Waals surface area (Å²) in [6.45, 7) is 10.1. The standard InChI is InChI=1S/C22H28N2O5S/c1-7-24(8-2)21(26)18-14(5)17(22(27)29-13(3)4)20(30-18)23-19(25)15-10-9-11-16(12-15)28-6/h9-13H,7-8H2,1-6H3,(H,23,25). The SMILES string of the molecule is CCN(CC)C(=O)c1sc(NC(=O)c2cccc(OC)c2)c(C(=O)OC(C)C)c1C. The van der Waals surface area contributed by atoms with E-state index in [-0.39, 0.29) is 17.6 Å². The molecule has 2 amide bonds. The van der Waals surface area contributed by atoms with Crippen molar-refractivity contribution in [1.82, 2.24) is 4.90 Å². The topological polar surface area (TPSA) is 84.9 Å². The molecule has 1 aromatic heterocycles. The molecule has 1 N–H and O–H groups in total. The second kappa shape index (κ2) is 10.2. The lowest BCUT2D eigenvalue weighted by Gasteiger charge is -2.18. The van der Waals surface area contributed by atoms with Crippen LogP contribution in [0.4, 0.5) is 5.00 Å². The summed E-state index contributed by atoms with van der Waals surface area (Å²) >= 11 is 1.09. The minimum atomic E-state index is -0.571. The van der Waals surface area contributed by atoms with Gasteiger partial charge in [0.2, 0.25) is 0 Å². The van der Waals surface area contributed by atoms with Gasteiger partial charge in [-0.2, -0.15) is 0 Å². The van der Waals surface area contributed by atoms with Crippen LogP contribution in [0.25, 0.3) is 0 Å². The lowest BCUT2D eigenvalue weighted by Crippen LogP contribution is -2.30. The molecule has 0 saturated heterocycles. The van der Waals surface area contributed by atoms with Gasteiger partial charge in [0.15, 0.2) is 0 Å². The van der Waals surface area contributed by atoms with Gasteiger partial charge >= 0.3 is 5.97 Å². The summed E-state index contributed by atoms with van der Waals surface area (Å²) in [7, 11) is 1.52. The highest BCUT2D eigenvalue weighted by Crippen LogP contribution is 2.35. The number of esters is 1. The molecule has 0 bridgehead atoms. The van der Waals surface area contributed by atoms with Gasteiger partial charge in [-0.05, 0) is 58.4 Å². The normalized spacial score (nSPS) is 10.6. The lowest BCUT2D eigenvalue weighted by atomic mass is 10.1. The largest absolute Gasteiger partial charge is 0.497 e. The van der Waals surface area contributed by atoms with Crippen LogP contribution in [0, 0.1) is 6.92 Å². The van der Waals surface area contributed by atoms with Crippen LogP contribution in [-0.2, 0) is 4.74 Å². The van der Waals surface area contributed by atoms with Gasteiger partial charge in [-0.25, -0.2) is 4.79 Å². The molecule has 1 heterocycles. The van der Waals surface area contributed by atoms with E-state index in [0.29, 0.717) is 39.8 Å². The summed E-state index contributed by atoms with van der Waals surface area (Å²) in [4.78, 5) is 40.6. The lowest BCUT2D eigenvalue weighted by molar-refractivity contribution is 0.0379. The third kappa shape index (κ3) is 5.18. The molecule has 1 aromatic carbocycles. The number of nitrogens with zero attached hydrogens (tertiary/aromatic N) is 1. The Morgan fingerprint density at radius 3 is 2.40 bits per heavy atom. The first-order valence-corrected chi connectivity index (χ1v) is 10.6. The van der Waals surface area contributed by atoms with Gasteiger partial charge in [-0.3, -0.25) is 9.59 Å². The third-order valence-electron chi connectivity index (χ3n) is 4.50. The van der Waals surface area contributed by atoms with E-state index in [9.17, 15) is 14.4 Å². The van der Waals surface area contributed by atoms with Crippen molar-refractivity contribution in [2.24, 2.45) is 0 Å². The number of hydrogen-bond acceptors (Lipinski definition) is 6. The molecule has 0 radical (unpaired) electrons. The first kappa shape index (κ1) is 23.4. The summed E-state index contributed by atoms with van der Waals surface area (Å²) in [6.07, 6.45) is -0.333. The Labute approximate surface area is 181 Å². The fraction of sp³-hybridized carbons (Fsp3) is 0.409. The van der Waals surface area contributed by atoms with Gasteiger partial charge < -0.3 is 19.7 Å². The number of hydrogen-bond donors (Lipinski definition) is 1. The van der Waals surface area contributed by atoms with Crippen molar-refractivity contribution in [3.05, 3.63) is 45.8 Å². The van der Waals surface area contributed by atoms with Crippen LogP contribution in [0.3, 0.4) is 0 Å². The van der Waals surface area contributed by atoms with Crippen molar-refractivity contribution >= 4 is 34.1 Å². The Balaban J connectivity index is 2.47. The molecule has 30 heavy (non-hydrogen) atoms. The van der Waals surface area contributed by atoms with Crippen LogP contribution in [0.15, 0.2) is 24.3 Å². The number of carbonyl (C=O) groups excluding carboxylic acids is 3. The smallest absolute Gasteiger partial charge is 0.341 e. The van der Waals surface area contributed by atoms with E-state index in [2.05, 4.69) is 5.32 Å². The van der Waals surface area contributed by atoms with E-state index in [1.807, 2.05) is 13.8 Å². The Morgan fingerprint density at radius 2 is 1.83 bits per heavy atom. The van der Waals surface area contributed by atoms with Gasteiger partial charge in [-0.1, -0.05) is 6.07 Å². The molecule has 0 unspecified atom stereocenters. The zero-order valence-corrected chi connectivity index (χ0v) is 19.0. The highest BCUT2D eigenvalue weighted by Gasteiger charge is 2.29. The monoisotopic (exact) mass is 432 g/mol. The van der Waals surface area contributed by atoms with E-state index >= 15 is 0 Å². The number of thiophene rings is 1. The van der Waals surface area contributed by atoms with Crippen LogP contribution < -0.4 is 10.1 Å². The third-order valence-corrected chi connectivity index (χ3v) is 5.69. The van der Waals surface area contributed by atoms with E-state index in [1.165, 1.54) is 7.11 Å². The maximum absolute atomic E-state index is 12.9. The quantitative estimate of drug-likeness (QED) is 0.627. The number of nitrogens with one attached hydrogen (secondary N) is 1. The maximum atomic E-state index is 12.9. The number of carbonyl (C=O) groups is 3. The predicted octanol–water partition coefficient (Wildman–Crippen LogP) is 4.36. The van der Waals surface area contributed by atoms with Crippen LogP contribution >= 0.6 is 11.3 Å². The van der Waals surface area contributed by atoms with Crippen LogP contribution in [0.2, 0.25) is 0 Å². The number of methoxy groups -OCH3 is 1. The molecular weight excluding hydrogens is 404 g/mol. The van der Waals surface area contributed by atoms with E-state index in [4.69, 9.17) is 9.47 Å². The number of anilines is 1. The van der Waals surface area contributed by atoms with Gasteiger partial charge in [0.1, 0.15) is 10.8 Å². The van der Waals surface area contributed by atoms with Crippen molar-refractivity contribution in [2.75, 3.05) is 25.5 Å². The molecule has 162 valence electrons. The number of benzene rings is 1. The molecule has 0 fully saturated rings. The highest BCUT2D eigenvalue weighted by atomic mass is 32.1. The van der Waals surface area contributed by atoms with E-state index in [1.54, 1.807) is 49.9 Å². The van der Waals surface area contributed by atoms with Crippen molar-refractivity contribution < 1.29 is 23.9 Å². The molecule has 0 spiro atoms. The van der Waals surface area contributed by atoms with Gasteiger partial charge in [-0.15, -0.1) is 11.3 Å². The predicted molar refractivity (Wildman–Crippen MR) is 118 cm³/mol. The molecule has 0 aliphatic rings. The fourth-order valence-corrected chi connectivity index (χ4v) is 4.08. The molecule has 0 atom stereocenters. The summed E-state index contributed by atoms with van der Waals surface area (Å²) < 4.78 is 10.5. The minimum absolute atomic E-state index is 0.178. The van der Waals surface area contributed by atoms with E-state index in [0.717, 1.165) is 11.3 Å². The Kier molecular flexibility index (Phi) is 8.00. The van der Waals surface area contributed by atoms with Gasteiger partial charge in [0.05, 0.1) is 23.7 Å². The summed E-state index contributed by atoms with van der Waals surface area (Å²) in [5.74, 6) is -0.612. The average Bonchev–Trinajstić information content (AvgIpc) is 3.04. The van der Waals surface area contributed by atoms with Crippen molar-refractivity contribution in [2.45, 2.75) is 40.7 Å². The second-order valence-electron chi connectivity index (χ2n) is 6.88. The first-order valence-electron chi connectivity index (χ1n) is 9.82. The van der Waals surface area contributed by atoms with Crippen molar-refractivity contribution in [3.63, 3.8) is 0 Å². The van der Waals surface area contributed by atoms with Crippen LogP contribution in [0.1, 0.15) is 63.6 Å². The number of rotatable bonds is 8. The fourth-order valence-electron chi connectivity index (χ4n) is 2.92. The molecule has 0 aliphatic heterocycles. The maximum Gasteiger partial charge on any atom is 0.341 e. The van der Waals surface area contributed by atoms with Crippen LogP contribution in [-0.4, -0.2) is 49.0 Å². The molecule has 8 heteroatoms. The molecule has 2 rings (SSSR count). The molecule has 7 nitrogen and oxygen atoms in total. The highest BCUT2D eigenvalue weighted by molar-refractivity contribution is 7.18. The summed E-state index contributed by atoms with van der Waals surface area (Å²) in [6, 6.07) is 6.69. The van der Waals surface area contributed by atoms with Crippen LogP contribution in [0.5, 0.6) is 5.75 Å². The zero-order valence-electron chi connectivity index (χ0n) is 18.2. The number of amides is 2. The van der Waals surface area contributed by atoms with Crippen molar-refractivity contribution in [1.29, 1.82) is 0 Å².